The van der Waals surface area contributed by atoms with Crippen molar-refractivity contribution in [2.45, 2.75) is 70.3 Å². The van der Waals surface area contributed by atoms with Gasteiger partial charge in [0.1, 0.15) is 0 Å². The third-order valence-electron chi connectivity index (χ3n) is 8.87. The second kappa shape index (κ2) is 9.86. The molecule has 0 aromatic carbocycles. The molecule has 6 fully saturated rings. The first kappa shape index (κ1) is 23.8. The van der Waals surface area contributed by atoms with Crippen molar-refractivity contribution in [3.63, 3.8) is 0 Å². The Morgan fingerprint density at radius 3 is 2.00 bits per heavy atom. The van der Waals surface area contributed by atoms with Crippen LogP contribution in [-0.2, 0) is 14.8 Å². The first-order valence-electron chi connectivity index (χ1n) is 12.5. The van der Waals surface area contributed by atoms with Crippen molar-refractivity contribution < 1.29 is 13.2 Å². The Hall–Kier alpha value is -0.370. The third-order valence-corrected chi connectivity index (χ3v) is 10.7. The average Bonchev–Trinajstić information content (AvgIpc) is 2.75. The molecule has 0 spiro atoms. The normalized spacial score (nSPS) is 36.8. The number of piperidine rings is 2. The fraction of sp³-hybridized carbons (Fsp3) is 0.957. The minimum atomic E-state index is -3.21. The average molecular weight is 474 g/mol. The van der Waals surface area contributed by atoms with Gasteiger partial charge < -0.3 is 10.2 Å². The molecule has 2 saturated heterocycles. The lowest BCUT2D eigenvalue weighted by molar-refractivity contribution is -0.130. The summed E-state index contributed by atoms with van der Waals surface area (Å²) in [7, 11) is -3.21. The van der Waals surface area contributed by atoms with Crippen molar-refractivity contribution in [2.24, 2.45) is 29.6 Å². The maximum Gasteiger partial charge on any atom is 0.223 e. The number of hydrogen-bond acceptors (Lipinski definition) is 4. The topological polar surface area (TPSA) is 69.7 Å². The Labute approximate surface area is 194 Å². The Balaban J connectivity index is 0.00000231. The van der Waals surface area contributed by atoms with Crippen LogP contribution in [0.5, 0.6) is 0 Å². The zero-order valence-electron chi connectivity index (χ0n) is 18.7. The highest BCUT2D eigenvalue weighted by Crippen LogP contribution is 2.53. The highest BCUT2D eigenvalue weighted by Gasteiger charge is 2.49. The van der Waals surface area contributed by atoms with E-state index in [1.807, 2.05) is 0 Å². The molecule has 6 aliphatic rings. The molecule has 0 aromatic heterocycles. The molecule has 2 aliphatic heterocycles. The van der Waals surface area contributed by atoms with Gasteiger partial charge in [-0.05, 0) is 94.5 Å². The fourth-order valence-corrected chi connectivity index (χ4v) is 8.91. The van der Waals surface area contributed by atoms with Crippen molar-refractivity contribution in [1.82, 2.24) is 14.5 Å². The summed E-state index contributed by atoms with van der Waals surface area (Å²) in [6, 6.07) is 0.386. The van der Waals surface area contributed by atoms with Gasteiger partial charge in [-0.15, -0.1) is 12.4 Å². The van der Waals surface area contributed by atoms with Crippen LogP contribution >= 0.6 is 12.4 Å². The molecule has 6 nitrogen and oxygen atoms in total. The molecule has 1 N–H and O–H groups in total. The van der Waals surface area contributed by atoms with Crippen LogP contribution in [0.15, 0.2) is 0 Å². The van der Waals surface area contributed by atoms with E-state index < -0.39 is 10.0 Å². The Morgan fingerprint density at radius 1 is 0.839 bits per heavy atom. The molecular weight excluding hydrogens is 434 g/mol. The number of sulfonamides is 1. The van der Waals surface area contributed by atoms with E-state index in [-0.39, 0.29) is 30.0 Å². The summed E-state index contributed by atoms with van der Waals surface area (Å²) < 4.78 is 27.2. The van der Waals surface area contributed by atoms with Crippen molar-refractivity contribution in [3.8, 4) is 0 Å². The van der Waals surface area contributed by atoms with E-state index in [1.54, 1.807) is 4.31 Å². The summed E-state index contributed by atoms with van der Waals surface area (Å²) in [6.07, 6.45) is 11.6. The highest BCUT2D eigenvalue weighted by molar-refractivity contribution is 7.89. The van der Waals surface area contributed by atoms with Crippen LogP contribution in [0.4, 0.5) is 0 Å². The Kier molecular flexibility index (Phi) is 7.56. The fourth-order valence-electron chi connectivity index (χ4n) is 7.40. The molecule has 4 bridgehead atoms. The minimum Gasteiger partial charge on any atom is -0.353 e. The van der Waals surface area contributed by atoms with E-state index in [9.17, 15) is 13.2 Å². The quantitative estimate of drug-likeness (QED) is 0.644. The number of hydrogen-bond donors (Lipinski definition) is 1. The van der Waals surface area contributed by atoms with Crippen molar-refractivity contribution in [2.75, 3.05) is 38.5 Å². The second-order valence-corrected chi connectivity index (χ2v) is 12.9. The van der Waals surface area contributed by atoms with Gasteiger partial charge in [0.2, 0.25) is 15.9 Å². The lowest BCUT2D eigenvalue weighted by atomic mass is 9.54. The van der Waals surface area contributed by atoms with Gasteiger partial charge in [0, 0.05) is 31.6 Å². The molecule has 31 heavy (non-hydrogen) atoms. The van der Waals surface area contributed by atoms with Gasteiger partial charge in [0.05, 0.1) is 5.75 Å². The standard InChI is InChI=1S/C23H39N3O3S.ClH/c27-23(24-22-20-13-17-12-18(15-20)16-21(22)14-17)19-4-8-26(9-5-19)30(28,29)11-10-25-6-2-1-3-7-25;/h17-22H,1-16H2,(H,24,27);1H. The predicted molar refractivity (Wildman–Crippen MR) is 125 cm³/mol. The van der Waals surface area contributed by atoms with Crippen molar-refractivity contribution >= 4 is 28.3 Å². The maximum atomic E-state index is 13.0. The van der Waals surface area contributed by atoms with Gasteiger partial charge in [-0.2, -0.15) is 0 Å². The molecule has 8 heteroatoms. The summed E-state index contributed by atoms with van der Waals surface area (Å²) in [6.45, 7) is 3.71. The summed E-state index contributed by atoms with van der Waals surface area (Å²) in [5, 5.41) is 3.44. The van der Waals surface area contributed by atoms with Crippen LogP contribution in [0, 0.1) is 29.6 Å². The summed E-state index contributed by atoms with van der Waals surface area (Å²) in [5.74, 6) is 3.62. The molecule has 1 amide bonds. The van der Waals surface area contributed by atoms with Crippen LogP contribution in [0.2, 0.25) is 0 Å². The third kappa shape index (κ3) is 5.25. The molecule has 4 saturated carbocycles. The summed E-state index contributed by atoms with van der Waals surface area (Å²) in [4.78, 5) is 15.3. The molecule has 2 heterocycles. The van der Waals surface area contributed by atoms with E-state index in [0.29, 0.717) is 50.4 Å². The van der Waals surface area contributed by atoms with Gasteiger partial charge in [0.15, 0.2) is 0 Å². The number of rotatable bonds is 6. The SMILES string of the molecule is Cl.O=C(NC1C2CC3CC(C2)CC1C3)C1CCN(S(=O)(=O)CCN2CCCCC2)CC1. The number of amides is 1. The lowest BCUT2D eigenvalue weighted by Crippen LogP contribution is -2.57. The van der Waals surface area contributed by atoms with Gasteiger partial charge in [0.25, 0.3) is 0 Å². The van der Waals surface area contributed by atoms with E-state index in [2.05, 4.69) is 10.2 Å². The van der Waals surface area contributed by atoms with Crippen molar-refractivity contribution in [3.05, 3.63) is 0 Å². The molecule has 0 radical (unpaired) electrons. The summed E-state index contributed by atoms with van der Waals surface area (Å²) in [5.41, 5.74) is 0. The molecular formula is C23H40ClN3O3S. The zero-order valence-corrected chi connectivity index (χ0v) is 20.3. The monoisotopic (exact) mass is 473 g/mol. The zero-order chi connectivity index (χ0) is 20.7. The first-order valence-corrected chi connectivity index (χ1v) is 14.1. The van der Waals surface area contributed by atoms with Gasteiger partial charge >= 0.3 is 0 Å². The number of halogens is 1. The van der Waals surface area contributed by atoms with Crippen LogP contribution in [-0.4, -0.2) is 68.0 Å². The molecule has 178 valence electrons. The number of nitrogens with one attached hydrogen (secondary N) is 1. The predicted octanol–water partition coefficient (Wildman–Crippen LogP) is 2.88. The molecule has 4 aliphatic carbocycles. The van der Waals surface area contributed by atoms with Gasteiger partial charge in [-0.1, -0.05) is 6.42 Å². The van der Waals surface area contributed by atoms with Crippen LogP contribution in [0.3, 0.4) is 0 Å². The molecule has 6 rings (SSSR count). The van der Waals surface area contributed by atoms with Crippen LogP contribution in [0.25, 0.3) is 0 Å². The van der Waals surface area contributed by atoms with Crippen molar-refractivity contribution in [1.29, 1.82) is 0 Å². The minimum absolute atomic E-state index is 0. The largest absolute Gasteiger partial charge is 0.353 e. The van der Waals surface area contributed by atoms with E-state index in [0.717, 1.165) is 24.9 Å². The maximum absolute atomic E-state index is 13.0. The van der Waals surface area contributed by atoms with Crippen LogP contribution in [0.1, 0.15) is 64.2 Å². The van der Waals surface area contributed by atoms with Gasteiger partial charge in [-0.25, -0.2) is 12.7 Å². The van der Waals surface area contributed by atoms with E-state index in [4.69, 9.17) is 0 Å². The Bertz CT molecular complexity index is 704. The molecule has 0 unspecified atom stereocenters. The number of nitrogens with zero attached hydrogens (tertiary/aromatic N) is 2. The van der Waals surface area contributed by atoms with Crippen LogP contribution < -0.4 is 5.32 Å². The van der Waals surface area contributed by atoms with E-state index >= 15 is 0 Å². The van der Waals surface area contributed by atoms with Gasteiger partial charge in [-0.3, -0.25) is 4.79 Å². The van der Waals surface area contributed by atoms with E-state index in [1.165, 1.54) is 51.4 Å². The number of carbonyl (C=O) groups is 1. The molecule has 0 atom stereocenters. The summed E-state index contributed by atoms with van der Waals surface area (Å²) >= 11 is 0. The number of likely N-dealkylation sites (tertiary alicyclic amines) is 1. The smallest absolute Gasteiger partial charge is 0.223 e. The lowest BCUT2D eigenvalue weighted by Gasteiger charge is -2.54. The highest BCUT2D eigenvalue weighted by atomic mass is 35.5. The number of carbonyl (C=O) groups excluding carboxylic acids is 1. The second-order valence-electron chi connectivity index (χ2n) is 10.9. The Morgan fingerprint density at radius 2 is 1.42 bits per heavy atom. The molecule has 0 aromatic rings. The first-order chi connectivity index (χ1) is 14.5.